The van der Waals surface area contributed by atoms with Gasteiger partial charge in [0.15, 0.2) is 0 Å². The molecule has 0 radical (unpaired) electrons. The molecule has 114 valence electrons. The second kappa shape index (κ2) is 6.79. The van der Waals surface area contributed by atoms with Crippen LogP contribution in [-0.4, -0.2) is 24.4 Å². The minimum Gasteiger partial charge on any atom is -0.344 e. The molecule has 0 aliphatic carbocycles. The molecule has 1 fully saturated rings. The third-order valence-electron chi connectivity index (χ3n) is 3.38. The Kier molecular flexibility index (Phi) is 5.27. The monoisotopic (exact) mass is 372 g/mol. The second-order valence-electron chi connectivity index (χ2n) is 5.59. The molecular weight excluding hydrogens is 356 g/mol. The van der Waals surface area contributed by atoms with Gasteiger partial charge in [0.25, 0.3) is 0 Å². The fourth-order valence-electron chi connectivity index (χ4n) is 2.38. The summed E-state index contributed by atoms with van der Waals surface area (Å²) in [6.07, 6.45) is 0.941. The molecule has 1 aromatic carbocycles. The SMILES string of the molecule is CC(C)CC1NC(=O)CCN(c2ccc(Cl)c(Br)c2)C1=O. The fourth-order valence-corrected chi connectivity index (χ4v) is 2.86. The fraction of sp³-hybridized carbons (Fsp3) is 0.467. The van der Waals surface area contributed by atoms with E-state index in [2.05, 4.69) is 21.2 Å². The van der Waals surface area contributed by atoms with Crippen molar-refractivity contribution in [2.75, 3.05) is 11.4 Å². The van der Waals surface area contributed by atoms with Crippen LogP contribution >= 0.6 is 27.5 Å². The summed E-state index contributed by atoms with van der Waals surface area (Å²) in [5.41, 5.74) is 0.751. The van der Waals surface area contributed by atoms with Gasteiger partial charge in [-0.05, 0) is 46.5 Å². The van der Waals surface area contributed by atoms with Gasteiger partial charge in [-0.2, -0.15) is 0 Å². The van der Waals surface area contributed by atoms with Crippen LogP contribution in [0, 0.1) is 5.92 Å². The van der Waals surface area contributed by atoms with Gasteiger partial charge in [0, 0.05) is 23.1 Å². The molecule has 21 heavy (non-hydrogen) atoms. The Morgan fingerprint density at radius 3 is 2.76 bits per heavy atom. The lowest BCUT2D eigenvalue weighted by atomic mass is 10.0. The number of nitrogens with zero attached hydrogens (tertiary/aromatic N) is 1. The van der Waals surface area contributed by atoms with E-state index in [0.717, 1.165) is 10.2 Å². The van der Waals surface area contributed by atoms with Crippen molar-refractivity contribution < 1.29 is 9.59 Å². The van der Waals surface area contributed by atoms with Crippen LogP contribution in [0.1, 0.15) is 26.7 Å². The van der Waals surface area contributed by atoms with Crippen LogP contribution < -0.4 is 10.2 Å². The topological polar surface area (TPSA) is 49.4 Å². The number of amides is 2. The number of nitrogens with one attached hydrogen (secondary N) is 1. The second-order valence-corrected chi connectivity index (χ2v) is 6.85. The number of hydrogen-bond acceptors (Lipinski definition) is 2. The summed E-state index contributed by atoms with van der Waals surface area (Å²) in [6.45, 7) is 4.45. The Bertz CT molecular complexity index is 563. The minimum absolute atomic E-state index is 0.0660. The zero-order valence-electron chi connectivity index (χ0n) is 12.0. The van der Waals surface area contributed by atoms with Crippen LogP contribution in [0.5, 0.6) is 0 Å². The van der Waals surface area contributed by atoms with Crippen molar-refractivity contribution in [1.82, 2.24) is 5.32 Å². The summed E-state index contributed by atoms with van der Waals surface area (Å²) < 4.78 is 0.735. The highest BCUT2D eigenvalue weighted by Crippen LogP contribution is 2.29. The maximum absolute atomic E-state index is 12.7. The molecule has 2 amide bonds. The molecule has 0 saturated carbocycles. The van der Waals surface area contributed by atoms with E-state index in [1.807, 2.05) is 19.9 Å². The average molecular weight is 374 g/mol. The molecule has 1 aromatic rings. The van der Waals surface area contributed by atoms with E-state index in [9.17, 15) is 9.59 Å². The molecule has 1 aliphatic heterocycles. The quantitative estimate of drug-likeness (QED) is 0.883. The van der Waals surface area contributed by atoms with Crippen LogP contribution in [0.2, 0.25) is 5.02 Å². The number of rotatable bonds is 3. The van der Waals surface area contributed by atoms with Crippen molar-refractivity contribution in [1.29, 1.82) is 0 Å². The van der Waals surface area contributed by atoms with Crippen molar-refractivity contribution in [3.05, 3.63) is 27.7 Å². The molecular formula is C15H18BrClN2O2. The van der Waals surface area contributed by atoms with E-state index < -0.39 is 6.04 Å². The normalized spacial score (nSPS) is 19.7. The molecule has 0 aromatic heterocycles. The van der Waals surface area contributed by atoms with Gasteiger partial charge in [-0.25, -0.2) is 0 Å². The summed E-state index contributed by atoms with van der Waals surface area (Å²) in [7, 11) is 0. The Balaban J connectivity index is 2.30. The highest BCUT2D eigenvalue weighted by atomic mass is 79.9. The van der Waals surface area contributed by atoms with E-state index in [0.29, 0.717) is 30.3 Å². The number of anilines is 1. The first-order valence-electron chi connectivity index (χ1n) is 6.94. The van der Waals surface area contributed by atoms with E-state index in [1.54, 1.807) is 17.0 Å². The van der Waals surface area contributed by atoms with Crippen LogP contribution in [0.4, 0.5) is 5.69 Å². The van der Waals surface area contributed by atoms with Crippen LogP contribution in [0.25, 0.3) is 0 Å². The van der Waals surface area contributed by atoms with E-state index in [-0.39, 0.29) is 11.8 Å². The zero-order valence-corrected chi connectivity index (χ0v) is 14.4. The first kappa shape index (κ1) is 16.3. The summed E-state index contributed by atoms with van der Waals surface area (Å²) in [5, 5.41) is 3.41. The van der Waals surface area contributed by atoms with Crippen molar-refractivity contribution in [3.8, 4) is 0 Å². The lowest BCUT2D eigenvalue weighted by Crippen LogP contribution is -2.45. The average Bonchev–Trinajstić information content (AvgIpc) is 2.53. The molecule has 0 spiro atoms. The van der Waals surface area contributed by atoms with Gasteiger partial charge >= 0.3 is 0 Å². The molecule has 2 rings (SSSR count). The molecule has 6 heteroatoms. The van der Waals surface area contributed by atoms with Gasteiger partial charge in [0.2, 0.25) is 11.8 Å². The Morgan fingerprint density at radius 1 is 1.43 bits per heavy atom. The molecule has 1 heterocycles. The third kappa shape index (κ3) is 3.98. The van der Waals surface area contributed by atoms with Crippen LogP contribution in [0.15, 0.2) is 22.7 Å². The lowest BCUT2D eigenvalue weighted by molar-refractivity contribution is -0.125. The van der Waals surface area contributed by atoms with E-state index >= 15 is 0 Å². The maximum atomic E-state index is 12.7. The van der Waals surface area contributed by atoms with Gasteiger partial charge < -0.3 is 10.2 Å². The Morgan fingerprint density at radius 2 is 2.14 bits per heavy atom. The van der Waals surface area contributed by atoms with Gasteiger partial charge in [-0.3, -0.25) is 9.59 Å². The molecule has 4 nitrogen and oxygen atoms in total. The van der Waals surface area contributed by atoms with Crippen LogP contribution in [-0.2, 0) is 9.59 Å². The van der Waals surface area contributed by atoms with Gasteiger partial charge in [-0.1, -0.05) is 25.4 Å². The largest absolute Gasteiger partial charge is 0.344 e. The van der Waals surface area contributed by atoms with Gasteiger partial charge in [-0.15, -0.1) is 0 Å². The van der Waals surface area contributed by atoms with E-state index in [4.69, 9.17) is 11.6 Å². The smallest absolute Gasteiger partial charge is 0.249 e. The summed E-state index contributed by atoms with van der Waals surface area (Å²) >= 11 is 9.36. The predicted octanol–water partition coefficient (Wildman–Crippen LogP) is 3.37. The number of carbonyl (C=O) groups is 2. The zero-order chi connectivity index (χ0) is 15.6. The van der Waals surface area contributed by atoms with Crippen LogP contribution in [0.3, 0.4) is 0 Å². The summed E-state index contributed by atoms with van der Waals surface area (Å²) in [6, 6.07) is 4.89. The summed E-state index contributed by atoms with van der Waals surface area (Å²) in [4.78, 5) is 26.1. The van der Waals surface area contributed by atoms with Gasteiger partial charge in [0.05, 0.1) is 5.02 Å². The maximum Gasteiger partial charge on any atom is 0.249 e. The molecule has 1 unspecified atom stereocenters. The van der Waals surface area contributed by atoms with Gasteiger partial charge in [0.1, 0.15) is 6.04 Å². The highest BCUT2D eigenvalue weighted by molar-refractivity contribution is 9.10. The standard InChI is InChI=1S/C15H18BrClN2O2/c1-9(2)7-13-15(21)19(6-5-14(20)18-13)10-3-4-12(17)11(16)8-10/h3-4,8-9,13H,5-7H2,1-2H3,(H,18,20). The molecule has 1 saturated heterocycles. The predicted molar refractivity (Wildman–Crippen MR) is 87.5 cm³/mol. The lowest BCUT2D eigenvalue weighted by Gasteiger charge is -2.25. The molecule has 1 aliphatic rings. The highest BCUT2D eigenvalue weighted by Gasteiger charge is 2.31. The minimum atomic E-state index is -0.463. The molecule has 0 bridgehead atoms. The third-order valence-corrected chi connectivity index (χ3v) is 4.60. The van der Waals surface area contributed by atoms with Crippen molar-refractivity contribution in [2.24, 2.45) is 5.92 Å². The van der Waals surface area contributed by atoms with Crippen molar-refractivity contribution >= 4 is 45.0 Å². The first-order chi connectivity index (χ1) is 9.88. The Hall–Kier alpha value is -1.07. The number of carbonyl (C=O) groups excluding carboxylic acids is 2. The number of benzene rings is 1. The summed E-state index contributed by atoms with van der Waals surface area (Å²) in [5.74, 6) is 0.185. The van der Waals surface area contributed by atoms with Crippen molar-refractivity contribution in [3.63, 3.8) is 0 Å². The van der Waals surface area contributed by atoms with E-state index in [1.165, 1.54) is 0 Å². The Labute approximate surface area is 138 Å². The number of halogens is 2. The van der Waals surface area contributed by atoms with Crippen molar-refractivity contribution in [2.45, 2.75) is 32.7 Å². The first-order valence-corrected chi connectivity index (χ1v) is 8.11. The molecule has 1 atom stereocenters. The molecule has 1 N–H and O–H groups in total. The number of hydrogen-bond donors (Lipinski definition) is 1.